The number of aromatic nitrogens is 2. The van der Waals surface area contributed by atoms with Gasteiger partial charge in [-0.05, 0) is 12.1 Å². The van der Waals surface area contributed by atoms with Gasteiger partial charge in [-0.15, -0.1) is 0 Å². The van der Waals surface area contributed by atoms with Crippen LogP contribution in [0.25, 0.3) is 5.69 Å². The lowest BCUT2D eigenvalue weighted by Crippen LogP contribution is -1.96. The molecule has 2 aromatic rings. The van der Waals surface area contributed by atoms with Crippen molar-refractivity contribution >= 4 is 12.1 Å². The van der Waals surface area contributed by atoms with Gasteiger partial charge in [0.1, 0.15) is 11.6 Å². The Morgan fingerprint density at radius 1 is 1.25 bits per heavy atom. The van der Waals surface area contributed by atoms with Gasteiger partial charge >= 0.3 is 0 Å². The zero-order valence-corrected chi connectivity index (χ0v) is 8.02. The summed E-state index contributed by atoms with van der Waals surface area (Å²) in [5, 5.41) is 6.22. The number of hydrogen-bond acceptors (Lipinski definition) is 2. The lowest BCUT2D eigenvalue weighted by molar-refractivity contribution is -0.105. The van der Waals surface area contributed by atoms with Gasteiger partial charge in [-0.25, -0.2) is 13.5 Å². The first-order chi connectivity index (χ1) is 7.69. The molecule has 0 saturated carbocycles. The summed E-state index contributed by atoms with van der Waals surface area (Å²) in [4.78, 5) is 10.2. The van der Waals surface area contributed by atoms with Crippen LogP contribution in [0.3, 0.4) is 0 Å². The second-order valence-corrected chi connectivity index (χ2v) is 3.06. The maximum Gasteiger partial charge on any atom is 0.211 e. The molecule has 1 aromatic carbocycles. The Bertz CT molecular complexity index is 504. The molecule has 2 rings (SSSR count). The highest BCUT2D eigenvalue weighted by molar-refractivity contribution is 5.70. The normalized spacial score (nSPS) is 10.1. The summed E-state index contributed by atoms with van der Waals surface area (Å²) < 4.78 is 27.1. The molecule has 16 heavy (non-hydrogen) atoms. The number of hydrogen-bond donors (Lipinski definition) is 1. The Labute approximate surface area is 89.5 Å². The molecule has 0 unspecified atom stereocenters. The molecule has 0 saturated heterocycles. The fourth-order valence-electron chi connectivity index (χ4n) is 1.28. The topological polar surface area (TPSA) is 46.9 Å². The van der Waals surface area contributed by atoms with E-state index in [4.69, 9.17) is 0 Å². The van der Waals surface area contributed by atoms with Crippen molar-refractivity contribution in [3.63, 3.8) is 0 Å². The molecular weight excluding hydrogens is 216 g/mol. The van der Waals surface area contributed by atoms with E-state index in [2.05, 4.69) is 10.4 Å². The van der Waals surface area contributed by atoms with Crippen molar-refractivity contribution in [2.45, 2.75) is 0 Å². The van der Waals surface area contributed by atoms with Gasteiger partial charge in [-0.1, -0.05) is 0 Å². The third-order valence-electron chi connectivity index (χ3n) is 1.92. The summed E-state index contributed by atoms with van der Waals surface area (Å²) in [5.41, 5.74) is 0.691. The maximum atomic E-state index is 12.9. The molecule has 0 fully saturated rings. The van der Waals surface area contributed by atoms with E-state index < -0.39 is 11.6 Å². The van der Waals surface area contributed by atoms with Gasteiger partial charge in [0.25, 0.3) is 0 Å². The van der Waals surface area contributed by atoms with E-state index in [1.54, 1.807) is 0 Å². The van der Waals surface area contributed by atoms with Gasteiger partial charge in [-0.2, -0.15) is 5.10 Å². The third kappa shape index (κ3) is 2.05. The van der Waals surface area contributed by atoms with E-state index in [1.807, 2.05) is 0 Å². The maximum absolute atomic E-state index is 12.9. The van der Waals surface area contributed by atoms with Crippen molar-refractivity contribution in [3.8, 4) is 5.69 Å². The molecule has 0 bridgehead atoms. The quantitative estimate of drug-likeness (QED) is 0.805. The molecule has 6 heteroatoms. The number of nitrogens with one attached hydrogen (secondary N) is 1. The number of nitrogens with zero attached hydrogens (tertiary/aromatic N) is 2. The van der Waals surface area contributed by atoms with E-state index in [1.165, 1.54) is 17.1 Å². The highest BCUT2D eigenvalue weighted by Crippen LogP contribution is 2.14. The van der Waals surface area contributed by atoms with E-state index in [0.717, 1.165) is 18.2 Å². The Morgan fingerprint density at radius 2 is 1.94 bits per heavy atom. The Balaban J connectivity index is 2.38. The Hall–Kier alpha value is -2.24. The minimum absolute atomic E-state index is 0.247. The molecule has 0 spiro atoms. The number of carbonyl (C=O) groups excluding carboxylic acids is 1. The van der Waals surface area contributed by atoms with Crippen LogP contribution in [-0.2, 0) is 4.79 Å². The van der Waals surface area contributed by atoms with Crippen LogP contribution in [0.15, 0.2) is 30.6 Å². The van der Waals surface area contributed by atoms with Crippen molar-refractivity contribution in [2.24, 2.45) is 0 Å². The van der Waals surface area contributed by atoms with Crippen LogP contribution in [0.1, 0.15) is 0 Å². The first-order valence-corrected chi connectivity index (χ1v) is 4.40. The van der Waals surface area contributed by atoms with E-state index >= 15 is 0 Å². The molecule has 0 aliphatic carbocycles. The fourth-order valence-corrected chi connectivity index (χ4v) is 1.28. The molecule has 1 N–H and O–H groups in total. The number of benzene rings is 1. The molecule has 1 amide bonds. The molecule has 0 atom stereocenters. The Kier molecular flexibility index (Phi) is 2.63. The molecule has 0 aliphatic rings. The van der Waals surface area contributed by atoms with Gasteiger partial charge < -0.3 is 5.32 Å². The smallest absolute Gasteiger partial charge is 0.211 e. The number of anilines is 1. The standard InChI is InChI=1S/C10H7F2N3O/c11-7-1-8(12)3-10(2-7)15-5-9(4-14-15)13-6-16/h1-6H,(H,13,16). The summed E-state index contributed by atoms with van der Waals surface area (Å²) in [7, 11) is 0. The summed E-state index contributed by atoms with van der Waals surface area (Å²) in [5.74, 6) is -1.37. The van der Waals surface area contributed by atoms with Gasteiger partial charge in [0, 0.05) is 6.07 Å². The van der Waals surface area contributed by atoms with Crippen molar-refractivity contribution in [1.82, 2.24) is 9.78 Å². The van der Waals surface area contributed by atoms with Crippen LogP contribution >= 0.6 is 0 Å². The fraction of sp³-hybridized carbons (Fsp3) is 0. The highest BCUT2D eigenvalue weighted by atomic mass is 19.1. The molecule has 0 radical (unpaired) electrons. The van der Waals surface area contributed by atoms with Crippen LogP contribution in [0.5, 0.6) is 0 Å². The average Bonchev–Trinajstić information content (AvgIpc) is 2.65. The second-order valence-electron chi connectivity index (χ2n) is 3.06. The van der Waals surface area contributed by atoms with Gasteiger partial charge in [0.15, 0.2) is 0 Å². The molecular formula is C10H7F2N3O. The SMILES string of the molecule is O=CNc1cnn(-c2cc(F)cc(F)c2)c1. The average molecular weight is 223 g/mol. The van der Waals surface area contributed by atoms with E-state index in [0.29, 0.717) is 12.1 Å². The minimum Gasteiger partial charge on any atom is -0.326 e. The van der Waals surface area contributed by atoms with Crippen molar-refractivity contribution < 1.29 is 13.6 Å². The zero-order chi connectivity index (χ0) is 11.5. The molecule has 0 aliphatic heterocycles. The summed E-state index contributed by atoms with van der Waals surface area (Å²) >= 11 is 0. The summed E-state index contributed by atoms with van der Waals surface area (Å²) in [6, 6.07) is 3.05. The van der Waals surface area contributed by atoms with E-state index in [9.17, 15) is 13.6 Å². The third-order valence-corrected chi connectivity index (χ3v) is 1.92. The predicted octanol–water partition coefficient (Wildman–Crippen LogP) is 1.72. The Morgan fingerprint density at radius 3 is 2.56 bits per heavy atom. The van der Waals surface area contributed by atoms with Crippen LogP contribution in [0, 0.1) is 11.6 Å². The highest BCUT2D eigenvalue weighted by Gasteiger charge is 2.04. The lowest BCUT2D eigenvalue weighted by Gasteiger charge is -2.01. The van der Waals surface area contributed by atoms with Crippen LogP contribution < -0.4 is 5.32 Å². The zero-order valence-electron chi connectivity index (χ0n) is 8.02. The van der Waals surface area contributed by atoms with E-state index in [-0.39, 0.29) is 5.69 Å². The summed E-state index contributed by atoms with van der Waals surface area (Å²) in [6.07, 6.45) is 3.31. The number of halogens is 2. The van der Waals surface area contributed by atoms with Crippen LogP contribution in [0.2, 0.25) is 0 Å². The number of carbonyl (C=O) groups is 1. The van der Waals surface area contributed by atoms with Gasteiger partial charge in [0.2, 0.25) is 6.41 Å². The number of rotatable bonds is 3. The largest absolute Gasteiger partial charge is 0.326 e. The molecule has 4 nitrogen and oxygen atoms in total. The van der Waals surface area contributed by atoms with Crippen LogP contribution in [-0.4, -0.2) is 16.2 Å². The summed E-state index contributed by atoms with van der Waals surface area (Å²) in [6.45, 7) is 0. The van der Waals surface area contributed by atoms with Crippen molar-refractivity contribution in [3.05, 3.63) is 42.2 Å². The first-order valence-electron chi connectivity index (χ1n) is 4.40. The van der Waals surface area contributed by atoms with Gasteiger partial charge in [0.05, 0.1) is 23.8 Å². The number of amides is 1. The second kappa shape index (κ2) is 4.09. The monoisotopic (exact) mass is 223 g/mol. The van der Waals surface area contributed by atoms with Crippen molar-refractivity contribution in [1.29, 1.82) is 0 Å². The first kappa shape index (κ1) is 10.3. The van der Waals surface area contributed by atoms with Crippen LogP contribution in [0.4, 0.5) is 14.5 Å². The van der Waals surface area contributed by atoms with Gasteiger partial charge in [-0.3, -0.25) is 4.79 Å². The van der Waals surface area contributed by atoms with Crippen molar-refractivity contribution in [2.75, 3.05) is 5.32 Å². The molecule has 1 heterocycles. The minimum atomic E-state index is -0.685. The molecule has 1 aromatic heterocycles. The predicted molar refractivity (Wildman–Crippen MR) is 53.2 cm³/mol. The molecule has 82 valence electrons. The lowest BCUT2D eigenvalue weighted by atomic mass is 10.3.